The first kappa shape index (κ1) is 98.9. The standard InChI is InChI=1S/C8H23N5.7CH6O6P2.Na/c9-1-3-11-5-7-13-8-6-12-4-2-10;7*2-8(3,4)1-9(5,6)7;/h11-13H,1-10H2;7*1H2,(H2,2,3,4)(H2,5,6,7);/q;;;;;;;;+1/p-1. The predicted molar refractivity (Wildman–Crippen MR) is 257 cm³/mol. The number of rotatable bonds is 24. The Balaban J connectivity index is -0.0000000982. The van der Waals surface area contributed by atoms with Gasteiger partial charge in [-0.15, -0.1) is 0 Å². The van der Waals surface area contributed by atoms with Crippen LogP contribution in [0.5, 0.6) is 0 Å². The average Bonchev–Trinajstić information content (AvgIpc) is 2.93. The molecule has 0 aromatic rings. The van der Waals surface area contributed by atoms with Crippen LogP contribution in [0.3, 0.4) is 0 Å². The van der Waals surface area contributed by atoms with E-state index >= 15 is 0 Å². The van der Waals surface area contributed by atoms with Crippen LogP contribution in [0.25, 0.3) is 0 Å². The van der Waals surface area contributed by atoms with Crippen LogP contribution in [-0.2, 0) is 63.9 Å². The minimum Gasteiger partial charge on any atom is -0.778 e. The fourth-order valence-corrected chi connectivity index (χ4v) is 16.0. The topological polar surface area (TPSA) is 896 Å². The van der Waals surface area contributed by atoms with Crippen LogP contribution >= 0.6 is 106 Å². The molecule has 62 heteroatoms. The van der Waals surface area contributed by atoms with Crippen molar-refractivity contribution in [2.75, 3.05) is 93.7 Å². The Bertz CT molecular complexity index is 1710. The molecule has 0 amide bonds. The molecule has 0 heterocycles. The van der Waals surface area contributed by atoms with Crippen molar-refractivity contribution in [3.63, 3.8) is 0 Å². The molecule has 0 radical (unpaired) electrons. The summed E-state index contributed by atoms with van der Waals surface area (Å²) < 4.78 is 138. The van der Waals surface area contributed by atoms with Crippen molar-refractivity contribution >= 4 is 106 Å². The second-order valence-electron chi connectivity index (χ2n) is 13.1. The van der Waals surface area contributed by atoms with Crippen LogP contribution in [0.4, 0.5) is 0 Å². The normalized spacial score (nSPS) is 13.7. The molecule has 0 aliphatic carbocycles. The van der Waals surface area contributed by atoms with E-state index in [1.165, 1.54) is 0 Å². The molecule has 0 aromatic heterocycles. The summed E-state index contributed by atoms with van der Waals surface area (Å²) in [6.07, 6.45) is 0. The predicted octanol–water partition coefficient (Wildman–Crippen LogP) is -10.9. The van der Waals surface area contributed by atoms with Gasteiger partial charge in [0.05, 0.1) is 0 Å². The molecule has 1 atom stereocenters. The summed E-state index contributed by atoms with van der Waals surface area (Å²) in [4.78, 5) is 225. The molecular weight excluding hydrogens is 1380 g/mol. The molecule has 77 heavy (non-hydrogen) atoms. The fraction of sp³-hybridized carbons (Fsp3) is 1.00. The van der Waals surface area contributed by atoms with Gasteiger partial charge in [0.25, 0.3) is 0 Å². The van der Waals surface area contributed by atoms with Gasteiger partial charge in [-0.1, -0.05) is 0 Å². The van der Waals surface area contributed by atoms with Gasteiger partial charge in [0.15, 0.2) is 35.4 Å². The van der Waals surface area contributed by atoms with Gasteiger partial charge in [-0.25, -0.2) is 0 Å². The van der Waals surface area contributed by atoms with Gasteiger partial charge in [-0.2, -0.15) is 0 Å². The van der Waals surface area contributed by atoms with E-state index in [4.69, 9.17) is 144 Å². The van der Waals surface area contributed by atoms with Crippen molar-refractivity contribution in [2.24, 2.45) is 11.5 Å². The van der Waals surface area contributed by atoms with Gasteiger partial charge in [-0.05, 0) is 0 Å². The molecule has 0 rings (SSSR count). The maximum atomic E-state index is 9.85. The molecule has 0 saturated heterocycles. The molecule has 0 bridgehead atoms. The fourth-order valence-electron chi connectivity index (χ4n) is 2.61. The molecule has 0 fully saturated rings. The van der Waals surface area contributed by atoms with Crippen LogP contribution in [0.15, 0.2) is 0 Å². The first-order valence-corrected chi connectivity index (χ1v) is 42.6. The van der Waals surface area contributed by atoms with Crippen LogP contribution < -0.4 is 61.9 Å². The Morgan fingerprint density at radius 1 is 0.234 bits per heavy atom. The van der Waals surface area contributed by atoms with E-state index < -0.39 is 148 Å². The van der Waals surface area contributed by atoms with Crippen molar-refractivity contribution < 1.29 is 230 Å². The molecule has 0 aliphatic rings. The third-order valence-corrected chi connectivity index (χ3v) is 24.8. The summed E-state index contributed by atoms with van der Waals surface area (Å²) >= 11 is 0. The largest absolute Gasteiger partial charge is 1.00 e. The number of hydrogen-bond donors (Lipinski definition) is 32. The molecular formula is C15H64N5NaO42P14. The van der Waals surface area contributed by atoms with Gasteiger partial charge in [0, 0.05) is 52.4 Å². The molecule has 0 aliphatic heterocycles. The number of nitrogens with one attached hydrogen (secondary N) is 3. The third-order valence-electron chi connectivity index (χ3n) is 4.17. The summed E-state index contributed by atoms with van der Waals surface area (Å²) in [6, 6.07) is 0. The Kier molecular flexibility index (Phi) is 55.9. The van der Waals surface area contributed by atoms with Crippen molar-refractivity contribution in [2.45, 2.75) is 0 Å². The zero-order chi connectivity index (χ0) is 63.7. The number of nitrogens with two attached hydrogens (primary N) is 2. The first-order chi connectivity index (χ1) is 32.4. The van der Waals surface area contributed by atoms with E-state index in [9.17, 15) is 68.8 Å². The third kappa shape index (κ3) is 155. The second-order valence-corrected chi connectivity index (χ2v) is 39.6. The van der Waals surface area contributed by atoms with E-state index in [0.717, 1.165) is 39.3 Å². The maximum absolute atomic E-state index is 9.85. The average molecular weight is 1440 g/mol. The van der Waals surface area contributed by atoms with Crippen molar-refractivity contribution in [3.05, 3.63) is 0 Å². The minimum atomic E-state index is -4.80. The molecule has 0 saturated carbocycles. The zero-order valence-corrected chi connectivity index (χ0v) is 53.2. The van der Waals surface area contributed by atoms with E-state index in [-0.39, 0.29) is 29.6 Å². The van der Waals surface area contributed by atoms with Crippen LogP contribution in [0.1, 0.15) is 0 Å². The van der Waals surface area contributed by atoms with Crippen LogP contribution in [0, 0.1) is 0 Å². The van der Waals surface area contributed by atoms with E-state index in [1.54, 1.807) is 0 Å². The van der Waals surface area contributed by atoms with E-state index in [2.05, 4.69) is 16.0 Å². The SMILES string of the molecule is NCCNCCNCCNCCN.O=P(O)(O)CP(=O)(O)O.O=P(O)(O)CP(=O)(O)O.O=P(O)(O)CP(=O)(O)O.O=P(O)(O)CP(=O)(O)O.O=P(O)(O)CP(=O)(O)O.O=P(O)(O)CP(=O)(O)O.O=P([O-])(O)CP(=O)(O)O.[Na+]. The number of hydrogen-bond acceptors (Lipinski definition) is 20. The summed E-state index contributed by atoms with van der Waals surface area (Å²) in [5.74, 6) is -9.74. The van der Waals surface area contributed by atoms with E-state index in [1.807, 2.05) is 0 Å². The maximum Gasteiger partial charge on any atom is 1.00 e. The molecule has 34 N–H and O–H groups in total. The Labute approximate surface area is 455 Å². The van der Waals surface area contributed by atoms with Gasteiger partial charge < -0.3 is 169 Å². The molecule has 472 valence electrons. The second kappa shape index (κ2) is 43.5. The monoisotopic (exact) mass is 1440 g/mol. The van der Waals surface area contributed by atoms with Crippen molar-refractivity contribution in [3.8, 4) is 0 Å². The van der Waals surface area contributed by atoms with Crippen LogP contribution in [0.2, 0.25) is 0 Å². The quantitative estimate of drug-likeness (QED) is 0.0242. The zero-order valence-electron chi connectivity index (χ0n) is 38.7. The first-order valence-electron chi connectivity index (χ1n) is 17.5. The summed E-state index contributed by atoms with van der Waals surface area (Å²) in [5, 5.41) is 9.71. The van der Waals surface area contributed by atoms with Crippen LogP contribution in [-0.4, -0.2) is 226 Å². The van der Waals surface area contributed by atoms with Gasteiger partial charge in [0.2, 0.25) is 0 Å². The molecule has 1 unspecified atom stereocenters. The Morgan fingerprint density at radius 2 is 0.338 bits per heavy atom. The van der Waals surface area contributed by atoms with Crippen molar-refractivity contribution in [1.29, 1.82) is 0 Å². The van der Waals surface area contributed by atoms with E-state index in [0.29, 0.717) is 13.1 Å². The smallest absolute Gasteiger partial charge is 0.778 e. The molecule has 0 aromatic carbocycles. The van der Waals surface area contributed by atoms with Gasteiger partial charge >= 0.3 is 128 Å². The Morgan fingerprint density at radius 3 is 0.390 bits per heavy atom. The summed E-state index contributed by atoms with van der Waals surface area (Å²) in [6.45, 7) is 7.15. The van der Waals surface area contributed by atoms with Gasteiger partial charge in [-0.3, -0.25) is 59.3 Å². The Hall–Kier alpha value is 2.90. The van der Waals surface area contributed by atoms with Crippen molar-refractivity contribution in [1.82, 2.24) is 16.0 Å². The minimum absolute atomic E-state index is 0. The summed E-state index contributed by atoms with van der Waals surface area (Å²) in [7, 11) is -64.0. The molecule has 0 spiro atoms. The molecule has 47 nitrogen and oxygen atoms in total. The summed E-state index contributed by atoms with van der Waals surface area (Å²) in [5.41, 5.74) is 10.6. The van der Waals surface area contributed by atoms with Gasteiger partial charge in [0.1, 0.15) is 13.5 Å².